The van der Waals surface area contributed by atoms with Crippen LogP contribution in [0.15, 0.2) is 0 Å². The zero-order chi connectivity index (χ0) is 11.8. The zero-order valence-electron chi connectivity index (χ0n) is 11.1. The second kappa shape index (κ2) is 8.08. The van der Waals surface area contributed by atoms with Gasteiger partial charge in [0.25, 0.3) is 0 Å². The maximum absolute atomic E-state index is 9.42. The first-order chi connectivity index (χ1) is 7.72. The lowest BCUT2D eigenvalue weighted by atomic mass is 9.99. The molecule has 0 amide bonds. The Balaban J connectivity index is 1.95. The van der Waals surface area contributed by atoms with Gasteiger partial charge in [-0.25, -0.2) is 0 Å². The number of aliphatic hydroxyl groups is 1. The molecule has 1 aliphatic heterocycles. The second-order valence-corrected chi connectivity index (χ2v) is 5.49. The van der Waals surface area contributed by atoms with Crippen molar-refractivity contribution >= 4 is 0 Å². The fraction of sp³-hybridized carbons (Fsp3) is 1.00. The highest BCUT2D eigenvalue weighted by Gasteiger charge is 2.19. The molecule has 0 spiro atoms. The van der Waals surface area contributed by atoms with E-state index in [4.69, 9.17) is 0 Å². The molecule has 1 unspecified atom stereocenters. The van der Waals surface area contributed by atoms with Crippen LogP contribution >= 0.6 is 0 Å². The molecule has 0 saturated carbocycles. The molecule has 0 aromatic rings. The minimum atomic E-state index is -0.0557. The quantitative estimate of drug-likeness (QED) is 0.644. The molecule has 1 aliphatic rings. The van der Waals surface area contributed by atoms with Gasteiger partial charge in [-0.2, -0.15) is 0 Å². The summed E-state index contributed by atoms with van der Waals surface area (Å²) in [5.74, 6) is 0.856. The Morgan fingerprint density at radius 1 is 1.25 bits per heavy atom. The van der Waals surface area contributed by atoms with E-state index in [0.29, 0.717) is 0 Å². The van der Waals surface area contributed by atoms with E-state index < -0.39 is 0 Å². The predicted octanol–water partition coefficient (Wildman–Crippen LogP) is 3.05. The summed E-state index contributed by atoms with van der Waals surface area (Å²) >= 11 is 0. The monoisotopic (exact) mass is 227 g/mol. The van der Waals surface area contributed by atoms with E-state index in [-0.39, 0.29) is 6.10 Å². The van der Waals surface area contributed by atoms with Crippen molar-refractivity contribution in [3.63, 3.8) is 0 Å². The molecule has 0 bridgehead atoms. The zero-order valence-corrected chi connectivity index (χ0v) is 11.1. The van der Waals surface area contributed by atoms with Crippen molar-refractivity contribution in [1.29, 1.82) is 0 Å². The van der Waals surface area contributed by atoms with Crippen molar-refractivity contribution < 1.29 is 5.11 Å². The third kappa shape index (κ3) is 5.86. The number of hydrogen-bond acceptors (Lipinski definition) is 2. The Labute approximate surface area is 101 Å². The van der Waals surface area contributed by atoms with Crippen LogP contribution in [0.5, 0.6) is 0 Å². The molecule has 2 nitrogen and oxygen atoms in total. The fourth-order valence-corrected chi connectivity index (χ4v) is 2.48. The smallest absolute Gasteiger partial charge is 0.0679 e. The first kappa shape index (κ1) is 14.0. The summed E-state index contributed by atoms with van der Waals surface area (Å²) in [6, 6.07) is 0. The topological polar surface area (TPSA) is 23.5 Å². The minimum absolute atomic E-state index is 0.0557. The van der Waals surface area contributed by atoms with E-state index in [1.54, 1.807) is 0 Å². The van der Waals surface area contributed by atoms with Crippen molar-refractivity contribution in [2.24, 2.45) is 5.92 Å². The van der Waals surface area contributed by atoms with E-state index in [1.165, 1.54) is 45.1 Å². The van der Waals surface area contributed by atoms with Gasteiger partial charge >= 0.3 is 0 Å². The van der Waals surface area contributed by atoms with Crippen molar-refractivity contribution in [2.75, 3.05) is 19.6 Å². The number of likely N-dealkylation sites (tertiary alicyclic amines) is 1. The van der Waals surface area contributed by atoms with Gasteiger partial charge in [-0.05, 0) is 25.3 Å². The Morgan fingerprint density at radius 3 is 2.69 bits per heavy atom. The second-order valence-electron chi connectivity index (χ2n) is 5.49. The highest BCUT2D eigenvalue weighted by atomic mass is 16.3. The molecule has 2 heteroatoms. The van der Waals surface area contributed by atoms with E-state index in [2.05, 4.69) is 18.7 Å². The molecule has 0 aromatic heterocycles. The van der Waals surface area contributed by atoms with Gasteiger partial charge in [0.05, 0.1) is 6.10 Å². The average Bonchev–Trinajstić information content (AvgIpc) is 2.68. The third-order valence-electron chi connectivity index (χ3n) is 3.74. The first-order valence-electron chi connectivity index (χ1n) is 7.12. The standard InChI is InChI=1S/C14H29NO/c1-3-4-5-6-7-13(2)8-10-15-11-9-14(16)12-15/h13-14,16H,3-12H2,1-2H3/t13?,14-/m1/s1. The normalized spacial score (nSPS) is 23.8. The predicted molar refractivity (Wildman–Crippen MR) is 69.6 cm³/mol. The number of aliphatic hydroxyl groups excluding tert-OH is 1. The Hall–Kier alpha value is -0.0800. The van der Waals surface area contributed by atoms with Crippen LogP contribution in [0.4, 0.5) is 0 Å². The molecule has 1 N–H and O–H groups in total. The van der Waals surface area contributed by atoms with Crippen molar-refractivity contribution in [2.45, 2.75) is 64.9 Å². The SMILES string of the molecule is CCCCCCC(C)CCN1CC[C@@H](O)C1. The molecule has 0 radical (unpaired) electrons. The van der Waals surface area contributed by atoms with E-state index >= 15 is 0 Å². The fourth-order valence-electron chi connectivity index (χ4n) is 2.48. The van der Waals surface area contributed by atoms with Crippen LogP contribution in [0.25, 0.3) is 0 Å². The summed E-state index contributed by atoms with van der Waals surface area (Å²) in [5, 5.41) is 9.42. The average molecular weight is 227 g/mol. The summed E-state index contributed by atoms with van der Waals surface area (Å²) in [7, 11) is 0. The lowest BCUT2D eigenvalue weighted by Gasteiger charge is -2.18. The molecule has 1 rings (SSSR count). The molecular formula is C14H29NO. The largest absolute Gasteiger partial charge is 0.392 e. The van der Waals surface area contributed by atoms with Gasteiger partial charge < -0.3 is 10.0 Å². The van der Waals surface area contributed by atoms with Crippen molar-refractivity contribution in [1.82, 2.24) is 4.90 Å². The molecule has 1 heterocycles. The van der Waals surface area contributed by atoms with Crippen LogP contribution in [0.1, 0.15) is 58.8 Å². The maximum Gasteiger partial charge on any atom is 0.0679 e. The van der Waals surface area contributed by atoms with Gasteiger partial charge in [0.15, 0.2) is 0 Å². The maximum atomic E-state index is 9.42. The minimum Gasteiger partial charge on any atom is -0.392 e. The lowest BCUT2D eigenvalue weighted by molar-refractivity contribution is 0.174. The lowest BCUT2D eigenvalue weighted by Crippen LogP contribution is -2.24. The van der Waals surface area contributed by atoms with Gasteiger partial charge in [0, 0.05) is 13.1 Å². The summed E-state index contributed by atoms with van der Waals surface area (Å²) < 4.78 is 0. The summed E-state index contributed by atoms with van der Waals surface area (Å²) in [4.78, 5) is 2.41. The van der Waals surface area contributed by atoms with E-state index in [1.807, 2.05) is 0 Å². The molecule has 1 saturated heterocycles. The van der Waals surface area contributed by atoms with E-state index in [9.17, 15) is 5.11 Å². The Bertz CT molecular complexity index is 172. The van der Waals surface area contributed by atoms with Crippen LogP contribution in [0.2, 0.25) is 0 Å². The molecule has 0 aliphatic carbocycles. The number of β-amino-alcohol motifs (C(OH)–C–C–N with tert-alkyl or cyclic N) is 1. The highest BCUT2D eigenvalue weighted by molar-refractivity contribution is 4.74. The van der Waals surface area contributed by atoms with Gasteiger partial charge in [-0.15, -0.1) is 0 Å². The molecule has 1 fully saturated rings. The highest BCUT2D eigenvalue weighted by Crippen LogP contribution is 2.16. The molecule has 96 valence electrons. The third-order valence-corrected chi connectivity index (χ3v) is 3.74. The number of rotatable bonds is 8. The summed E-state index contributed by atoms with van der Waals surface area (Å²) in [6.07, 6.45) is 9.14. The van der Waals surface area contributed by atoms with Crippen LogP contribution in [0.3, 0.4) is 0 Å². The Morgan fingerprint density at radius 2 is 2.06 bits per heavy atom. The summed E-state index contributed by atoms with van der Waals surface area (Å²) in [6.45, 7) is 7.83. The van der Waals surface area contributed by atoms with Crippen LogP contribution in [0, 0.1) is 5.92 Å². The van der Waals surface area contributed by atoms with E-state index in [0.717, 1.165) is 25.4 Å². The number of hydrogen-bond donors (Lipinski definition) is 1. The number of nitrogens with zero attached hydrogens (tertiary/aromatic N) is 1. The molecule has 0 aromatic carbocycles. The van der Waals surface area contributed by atoms with Crippen molar-refractivity contribution in [3.05, 3.63) is 0 Å². The van der Waals surface area contributed by atoms with Crippen LogP contribution in [-0.4, -0.2) is 35.7 Å². The first-order valence-corrected chi connectivity index (χ1v) is 7.12. The molecular weight excluding hydrogens is 198 g/mol. The molecule has 16 heavy (non-hydrogen) atoms. The van der Waals surface area contributed by atoms with Crippen LogP contribution < -0.4 is 0 Å². The van der Waals surface area contributed by atoms with Gasteiger partial charge in [0.2, 0.25) is 0 Å². The molecule has 2 atom stereocenters. The Kier molecular flexibility index (Phi) is 7.06. The van der Waals surface area contributed by atoms with Gasteiger partial charge in [-0.3, -0.25) is 0 Å². The summed E-state index contributed by atoms with van der Waals surface area (Å²) in [5.41, 5.74) is 0. The van der Waals surface area contributed by atoms with Crippen LogP contribution in [-0.2, 0) is 0 Å². The van der Waals surface area contributed by atoms with Gasteiger partial charge in [-0.1, -0.05) is 46.0 Å². The number of unbranched alkanes of at least 4 members (excludes halogenated alkanes) is 3. The van der Waals surface area contributed by atoms with Gasteiger partial charge in [0.1, 0.15) is 0 Å². The van der Waals surface area contributed by atoms with Crippen molar-refractivity contribution in [3.8, 4) is 0 Å².